The molecule has 0 spiro atoms. The molecular formula is C19H24O. The summed E-state index contributed by atoms with van der Waals surface area (Å²) in [6.07, 6.45) is 12.9. The average Bonchev–Trinajstić information content (AvgIpc) is 3.30. The van der Waals surface area contributed by atoms with Crippen molar-refractivity contribution in [2.75, 3.05) is 0 Å². The van der Waals surface area contributed by atoms with E-state index in [9.17, 15) is 4.79 Å². The van der Waals surface area contributed by atoms with Gasteiger partial charge in [-0.15, -0.1) is 0 Å². The van der Waals surface area contributed by atoms with E-state index >= 15 is 0 Å². The third kappa shape index (κ3) is 5.16. The van der Waals surface area contributed by atoms with Gasteiger partial charge in [0.2, 0.25) is 0 Å². The van der Waals surface area contributed by atoms with Gasteiger partial charge in [-0.05, 0) is 42.9 Å². The van der Waals surface area contributed by atoms with Crippen LogP contribution < -0.4 is 0 Å². The van der Waals surface area contributed by atoms with Gasteiger partial charge >= 0.3 is 0 Å². The van der Waals surface area contributed by atoms with Crippen LogP contribution >= 0.6 is 0 Å². The molecule has 0 atom stereocenters. The number of hydrogen-bond donors (Lipinski definition) is 0. The van der Waals surface area contributed by atoms with E-state index < -0.39 is 0 Å². The Hall–Kier alpha value is -1.63. The number of carbonyl (C=O) groups is 1. The fourth-order valence-electron chi connectivity index (χ4n) is 2.24. The summed E-state index contributed by atoms with van der Waals surface area (Å²) in [4.78, 5) is 11.8. The number of ketones is 1. The monoisotopic (exact) mass is 268 g/mol. The van der Waals surface area contributed by atoms with Crippen LogP contribution in [0.3, 0.4) is 0 Å². The van der Waals surface area contributed by atoms with Gasteiger partial charge in [0, 0.05) is 5.92 Å². The van der Waals surface area contributed by atoms with E-state index in [0.29, 0.717) is 11.7 Å². The van der Waals surface area contributed by atoms with Gasteiger partial charge in [-0.2, -0.15) is 0 Å². The van der Waals surface area contributed by atoms with Crippen molar-refractivity contribution in [3.05, 3.63) is 53.6 Å². The van der Waals surface area contributed by atoms with Crippen molar-refractivity contribution >= 4 is 11.9 Å². The highest BCUT2D eigenvalue weighted by Crippen LogP contribution is 2.30. The molecule has 0 radical (unpaired) electrons. The van der Waals surface area contributed by atoms with E-state index in [1.807, 2.05) is 12.1 Å². The third-order valence-corrected chi connectivity index (χ3v) is 3.66. The van der Waals surface area contributed by atoms with Crippen LogP contribution in [0.15, 0.2) is 48.1 Å². The Bertz CT molecular complexity index is 478. The first kappa shape index (κ1) is 14.8. The van der Waals surface area contributed by atoms with Crippen molar-refractivity contribution in [1.82, 2.24) is 0 Å². The van der Waals surface area contributed by atoms with Crippen molar-refractivity contribution in [1.29, 1.82) is 0 Å². The maximum absolute atomic E-state index is 11.8. The van der Waals surface area contributed by atoms with Crippen LogP contribution in [-0.4, -0.2) is 5.78 Å². The molecule has 1 aromatic carbocycles. The molecule has 0 heterocycles. The van der Waals surface area contributed by atoms with Crippen LogP contribution in [-0.2, 0) is 4.79 Å². The van der Waals surface area contributed by atoms with Gasteiger partial charge < -0.3 is 0 Å². The number of unbranched alkanes of at least 4 members (excludes halogenated alkanes) is 2. The molecule has 1 aliphatic carbocycles. The van der Waals surface area contributed by atoms with Crippen LogP contribution in [0.25, 0.3) is 6.08 Å². The van der Waals surface area contributed by atoms with E-state index in [1.165, 1.54) is 30.4 Å². The highest BCUT2D eigenvalue weighted by Gasteiger charge is 2.27. The minimum atomic E-state index is 0.305. The van der Waals surface area contributed by atoms with E-state index in [4.69, 9.17) is 0 Å². The second-order valence-electron chi connectivity index (χ2n) is 5.60. The number of carbonyl (C=O) groups excluding carboxylic acids is 1. The van der Waals surface area contributed by atoms with Crippen molar-refractivity contribution < 1.29 is 4.79 Å². The maximum atomic E-state index is 11.8. The van der Waals surface area contributed by atoms with E-state index in [2.05, 4.69) is 37.3 Å². The van der Waals surface area contributed by atoms with Crippen LogP contribution in [0.1, 0.15) is 51.0 Å². The molecule has 2 rings (SSSR count). The lowest BCUT2D eigenvalue weighted by Gasteiger charge is -2.03. The van der Waals surface area contributed by atoms with Gasteiger partial charge in [0.25, 0.3) is 0 Å². The summed E-state index contributed by atoms with van der Waals surface area (Å²) in [5.41, 5.74) is 2.47. The predicted octanol–water partition coefficient (Wildman–Crippen LogP) is 5.19. The van der Waals surface area contributed by atoms with Crippen LogP contribution in [0.5, 0.6) is 0 Å². The van der Waals surface area contributed by atoms with Crippen molar-refractivity contribution in [2.45, 2.75) is 45.4 Å². The second-order valence-corrected chi connectivity index (χ2v) is 5.60. The molecule has 106 valence electrons. The third-order valence-electron chi connectivity index (χ3n) is 3.66. The fourth-order valence-corrected chi connectivity index (χ4v) is 2.24. The van der Waals surface area contributed by atoms with Crippen LogP contribution in [0.4, 0.5) is 0 Å². The minimum Gasteiger partial charge on any atom is -0.295 e. The highest BCUT2D eigenvalue weighted by atomic mass is 16.1. The van der Waals surface area contributed by atoms with Gasteiger partial charge in [-0.25, -0.2) is 0 Å². The summed E-state index contributed by atoms with van der Waals surface area (Å²) in [6, 6.07) is 10.3. The van der Waals surface area contributed by atoms with Gasteiger partial charge in [0.15, 0.2) is 5.78 Å². The quantitative estimate of drug-likeness (QED) is 0.360. The normalized spacial score (nSPS) is 15.8. The summed E-state index contributed by atoms with van der Waals surface area (Å²) in [5.74, 6) is 0.624. The lowest BCUT2D eigenvalue weighted by Crippen LogP contribution is -1.94. The Morgan fingerprint density at radius 2 is 1.90 bits per heavy atom. The molecule has 0 bridgehead atoms. The molecule has 0 unspecified atom stereocenters. The molecule has 0 aromatic heterocycles. The molecular weight excluding hydrogens is 244 g/mol. The van der Waals surface area contributed by atoms with Crippen LogP contribution in [0.2, 0.25) is 0 Å². The molecule has 1 nitrogen and oxygen atoms in total. The summed E-state index contributed by atoms with van der Waals surface area (Å²) >= 11 is 0. The summed E-state index contributed by atoms with van der Waals surface area (Å²) < 4.78 is 0. The average molecular weight is 268 g/mol. The van der Waals surface area contributed by atoms with Crippen LogP contribution in [0, 0.1) is 5.92 Å². The van der Waals surface area contributed by atoms with Gasteiger partial charge in [-0.1, -0.05) is 62.2 Å². The molecule has 1 aromatic rings. The van der Waals surface area contributed by atoms with E-state index in [0.717, 1.165) is 19.3 Å². The Labute approximate surface area is 122 Å². The van der Waals surface area contributed by atoms with E-state index in [-0.39, 0.29) is 0 Å². The Morgan fingerprint density at radius 3 is 2.55 bits per heavy atom. The van der Waals surface area contributed by atoms with Crippen molar-refractivity contribution in [3.63, 3.8) is 0 Å². The summed E-state index contributed by atoms with van der Waals surface area (Å²) in [6.45, 7) is 2.22. The zero-order valence-electron chi connectivity index (χ0n) is 12.3. The van der Waals surface area contributed by atoms with Crippen molar-refractivity contribution in [2.24, 2.45) is 5.92 Å². The molecule has 1 aliphatic rings. The van der Waals surface area contributed by atoms with E-state index in [1.54, 1.807) is 6.08 Å². The lowest BCUT2D eigenvalue weighted by molar-refractivity contribution is -0.115. The zero-order chi connectivity index (χ0) is 14.2. The van der Waals surface area contributed by atoms with Gasteiger partial charge in [0.1, 0.15) is 0 Å². The molecule has 0 amide bonds. The molecule has 0 saturated heterocycles. The van der Waals surface area contributed by atoms with Gasteiger partial charge in [0.05, 0.1) is 0 Å². The largest absolute Gasteiger partial charge is 0.295 e. The summed E-state index contributed by atoms with van der Waals surface area (Å²) in [7, 11) is 0. The second kappa shape index (κ2) is 7.84. The first-order valence-electron chi connectivity index (χ1n) is 7.77. The number of hydrogen-bond acceptors (Lipinski definition) is 1. The highest BCUT2D eigenvalue weighted by molar-refractivity contribution is 5.93. The van der Waals surface area contributed by atoms with Gasteiger partial charge in [-0.3, -0.25) is 4.79 Å². The Morgan fingerprint density at radius 1 is 1.15 bits per heavy atom. The minimum absolute atomic E-state index is 0.305. The fraction of sp³-hybridized carbons (Fsp3) is 0.421. The first-order valence-corrected chi connectivity index (χ1v) is 7.77. The smallest absolute Gasteiger partial charge is 0.158 e. The molecule has 1 fully saturated rings. The standard InChI is InChI=1S/C19H24O/c1-2-3-5-8-17(11-14-19(20)18-12-13-18)15-16-9-6-4-7-10-16/h4,6-7,9-11,14-15,18H,2-3,5,8,12-13H2,1H3/b14-11+,17-15-. The molecule has 0 aliphatic heterocycles. The molecule has 1 saturated carbocycles. The number of allylic oxidation sites excluding steroid dienone is 3. The number of benzene rings is 1. The van der Waals surface area contributed by atoms with Crippen molar-refractivity contribution in [3.8, 4) is 0 Å². The molecule has 20 heavy (non-hydrogen) atoms. The predicted molar refractivity (Wildman–Crippen MR) is 85.4 cm³/mol. The number of rotatable bonds is 8. The summed E-state index contributed by atoms with van der Waals surface area (Å²) in [5, 5.41) is 0. The Balaban J connectivity index is 2.03. The SMILES string of the molecule is CCCCCC(=C/c1ccccc1)/C=C/C(=O)C1CC1. The first-order chi connectivity index (χ1) is 9.79. The Kier molecular flexibility index (Phi) is 5.79. The lowest BCUT2D eigenvalue weighted by atomic mass is 10.0. The molecule has 0 N–H and O–H groups in total. The maximum Gasteiger partial charge on any atom is 0.158 e. The molecule has 1 heteroatoms. The zero-order valence-corrected chi connectivity index (χ0v) is 12.3. The topological polar surface area (TPSA) is 17.1 Å².